The Labute approximate surface area is 147 Å². The van der Waals surface area contributed by atoms with E-state index in [0.717, 1.165) is 17.9 Å². The first kappa shape index (κ1) is 14.5. The third-order valence-electron chi connectivity index (χ3n) is 5.46. The molecule has 25 heavy (non-hydrogen) atoms. The van der Waals surface area contributed by atoms with Crippen molar-refractivity contribution in [2.75, 3.05) is 0 Å². The van der Waals surface area contributed by atoms with Crippen LogP contribution in [0, 0.1) is 6.92 Å². The molecule has 2 heterocycles. The highest BCUT2D eigenvalue weighted by atomic mass is 16.5. The Balaban J connectivity index is 2.05. The number of ether oxygens (including phenoxy) is 1. The lowest BCUT2D eigenvalue weighted by molar-refractivity contribution is -0.659. The van der Waals surface area contributed by atoms with E-state index in [2.05, 4.69) is 80.2 Å². The summed E-state index contributed by atoms with van der Waals surface area (Å²) in [5, 5.41) is 5.05. The van der Waals surface area contributed by atoms with E-state index in [4.69, 9.17) is 4.74 Å². The third-order valence-corrected chi connectivity index (χ3v) is 5.46. The smallest absolute Gasteiger partial charge is 0.228 e. The van der Waals surface area contributed by atoms with Crippen molar-refractivity contribution in [1.29, 1.82) is 0 Å². The summed E-state index contributed by atoms with van der Waals surface area (Å²) in [4.78, 5) is 0. The fourth-order valence-electron chi connectivity index (χ4n) is 4.28. The number of hydrogen-bond acceptors (Lipinski definition) is 1. The number of rotatable bonds is 1. The van der Waals surface area contributed by atoms with Crippen LogP contribution in [0.4, 0.5) is 0 Å². The Kier molecular flexibility index (Phi) is 2.93. The summed E-state index contributed by atoms with van der Waals surface area (Å²) < 4.78 is 8.73. The molecule has 0 N–H and O–H groups in total. The van der Waals surface area contributed by atoms with E-state index in [-0.39, 0.29) is 0 Å². The monoisotopic (exact) mass is 326 g/mol. The molecular formula is C23H20NO+. The van der Waals surface area contributed by atoms with Gasteiger partial charge < -0.3 is 4.74 Å². The molecule has 1 aromatic heterocycles. The minimum absolute atomic E-state index is 0.949. The first-order valence-electron chi connectivity index (χ1n) is 8.84. The van der Waals surface area contributed by atoms with Crippen molar-refractivity contribution < 1.29 is 9.30 Å². The van der Waals surface area contributed by atoms with Gasteiger partial charge in [0.15, 0.2) is 6.20 Å². The lowest BCUT2D eigenvalue weighted by Crippen LogP contribution is -2.32. The van der Waals surface area contributed by atoms with Crippen molar-refractivity contribution in [2.45, 2.75) is 20.3 Å². The second-order valence-electron chi connectivity index (χ2n) is 6.80. The average Bonchev–Trinajstić information content (AvgIpc) is 2.64. The van der Waals surface area contributed by atoms with Crippen LogP contribution in [0.3, 0.4) is 0 Å². The maximum absolute atomic E-state index is 6.50. The second kappa shape index (κ2) is 5.06. The van der Waals surface area contributed by atoms with Gasteiger partial charge in [-0.05, 0) is 41.1 Å². The van der Waals surface area contributed by atoms with Gasteiger partial charge >= 0.3 is 0 Å². The fraction of sp³-hybridized carbons (Fsp3) is 0.174. The number of aromatic nitrogens is 1. The zero-order chi connectivity index (χ0) is 17.1. The Hall–Kier alpha value is -2.87. The molecule has 0 atom stereocenters. The van der Waals surface area contributed by atoms with E-state index >= 15 is 0 Å². The molecule has 0 bridgehead atoms. The molecule has 1 aliphatic heterocycles. The summed E-state index contributed by atoms with van der Waals surface area (Å²) in [6.45, 7) is 4.43. The quantitative estimate of drug-likeness (QED) is 0.373. The Bertz CT molecular complexity index is 1170. The van der Waals surface area contributed by atoms with Crippen molar-refractivity contribution in [3.8, 4) is 22.8 Å². The van der Waals surface area contributed by atoms with Crippen molar-refractivity contribution >= 4 is 21.5 Å². The molecule has 3 aromatic carbocycles. The highest BCUT2D eigenvalue weighted by Crippen LogP contribution is 2.50. The number of nitrogens with zero attached hydrogens (tertiary/aromatic N) is 1. The van der Waals surface area contributed by atoms with Crippen LogP contribution in [0.25, 0.3) is 32.8 Å². The van der Waals surface area contributed by atoms with Crippen LogP contribution < -0.4 is 9.30 Å². The third kappa shape index (κ3) is 1.82. The maximum Gasteiger partial charge on any atom is 0.228 e. The SMILES string of the molecule is CCc1c2c(c(C)c3ccccc13)-c1c3c(cccc3cc[n+]1C)O2. The van der Waals surface area contributed by atoms with Crippen molar-refractivity contribution in [2.24, 2.45) is 7.05 Å². The van der Waals surface area contributed by atoms with Crippen LogP contribution in [0.15, 0.2) is 54.7 Å². The van der Waals surface area contributed by atoms with E-state index in [0.29, 0.717) is 0 Å². The minimum atomic E-state index is 0.949. The van der Waals surface area contributed by atoms with Gasteiger partial charge in [0.2, 0.25) is 5.69 Å². The normalized spacial score (nSPS) is 12.3. The largest absolute Gasteiger partial charge is 0.455 e. The van der Waals surface area contributed by atoms with Crippen LogP contribution in [-0.2, 0) is 13.5 Å². The van der Waals surface area contributed by atoms with Crippen LogP contribution in [0.2, 0.25) is 0 Å². The molecule has 0 unspecified atom stereocenters. The molecule has 2 nitrogen and oxygen atoms in total. The molecule has 1 aliphatic rings. The molecule has 2 heteroatoms. The summed E-state index contributed by atoms with van der Waals surface area (Å²) in [7, 11) is 2.13. The van der Waals surface area contributed by atoms with Gasteiger partial charge in [-0.25, -0.2) is 4.57 Å². The predicted molar refractivity (Wildman–Crippen MR) is 102 cm³/mol. The second-order valence-corrected chi connectivity index (χ2v) is 6.80. The molecule has 0 aliphatic carbocycles. The summed E-state index contributed by atoms with van der Waals surface area (Å²) in [6, 6.07) is 17.2. The van der Waals surface area contributed by atoms with E-state index < -0.39 is 0 Å². The van der Waals surface area contributed by atoms with E-state index in [1.54, 1.807) is 0 Å². The molecule has 5 rings (SSSR count). The zero-order valence-electron chi connectivity index (χ0n) is 14.8. The van der Waals surface area contributed by atoms with Gasteiger partial charge in [0.25, 0.3) is 0 Å². The number of benzene rings is 3. The molecular weight excluding hydrogens is 306 g/mol. The molecule has 0 amide bonds. The van der Waals surface area contributed by atoms with Gasteiger partial charge in [-0.15, -0.1) is 0 Å². The van der Waals surface area contributed by atoms with Crippen LogP contribution >= 0.6 is 0 Å². The molecule has 0 saturated carbocycles. The minimum Gasteiger partial charge on any atom is -0.455 e. The van der Waals surface area contributed by atoms with E-state index in [1.165, 1.54) is 43.9 Å². The molecule has 122 valence electrons. The summed E-state index contributed by atoms with van der Waals surface area (Å²) in [5.74, 6) is 1.99. The summed E-state index contributed by atoms with van der Waals surface area (Å²) in [6.07, 6.45) is 3.10. The fourth-order valence-corrected chi connectivity index (χ4v) is 4.28. The predicted octanol–water partition coefficient (Wildman–Crippen LogP) is 5.46. The lowest BCUT2D eigenvalue weighted by Gasteiger charge is -2.24. The molecule has 0 fully saturated rings. The van der Waals surface area contributed by atoms with Crippen LogP contribution in [0.5, 0.6) is 11.5 Å². The number of hydrogen-bond donors (Lipinski definition) is 0. The molecule has 0 saturated heterocycles. The summed E-state index contributed by atoms with van der Waals surface area (Å²) in [5.41, 5.74) is 5.08. The molecule has 0 spiro atoms. The van der Waals surface area contributed by atoms with E-state index in [1.807, 2.05) is 0 Å². The van der Waals surface area contributed by atoms with Gasteiger partial charge in [0, 0.05) is 11.6 Å². The van der Waals surface area contributed by atoms with Gasteiger partial charge in [0.05, 0.1) is 10.9 Å². The molecule has 0 radical (unpaired) electrons. The van der Waals surface area contributed by atoms with Crippen LogP contribution in [0.1, 0.15) is 18.1 Å². The number of aryl methyl sites for hydroxylation is 3. The number of pyridine rings is 1. The zero-order valence-corrected chi connectivity index (χ0v) is 14.8. The Morgan fingerprint density at radius 1 is 0.960 bits per heavy atom. The molecule has 4 aromatic rings. The highest BCUT2D eigenvalue weighted by Gasteiger charge is 2.31. The Morgan fingerprint density at radius 2 is 1.76 bits per heavy atom. The van der Waals surface area contributed by atoms with Crippen molar-refractivity contribution in [3.63, 3.8) is 0 Å². The highest BCUT2D eigenvalue weighted by molar-refractivity contribution is 6.06. The average molecular weight is 326 g/mol. The van der Waals surface area contributed by atoms with Crippen molar-refractivity contribution in [1.82, 2.24) is 0 Å². The van der Waals surface area contributed by atoms with Crippen molar-refractivity contribution in [3.05, 3.63) is 65.9 Å². The van der Waals surface area contributed by atoms with E-state index in [9.17, 15) is 0 Å². The lowest BCUT2D eigenvalue weighted by atomic mass is 9.88. The Morgan fingerprint density at radius 3 is 2.56 bits per heavy atom. The van der Waals surface area contributed by atoms with Crippen LogP contribution in [-0.4, -0.2) is 0 Å². The number of fused-ring (bicyclic) bond motifs is 3. The first-order chi connectivity index (χ1) is 12.2. The van der Waals surface area contributed by atoms with Gasteiger partial charge in [-0.3, -0.25) is 0 Å². The summed E-state index contributed by atoms with van der Waals surface area (Å²) >= 11 is 0. The van der Waals surface area contributed by atoms with Gasteiger partial charge in [0.1, 0.15) is 18.5 Å². The van der Waals surface area contributed by atoms with Gasteiger partial charge in [-0.1, -0.05) is 43.3 Å². The topological polar surface area (TPSA) is 13.1 Å². The first-order valence-corrected chi connectivity index (χ1v) is 8.84. The van der Waals surface area contributed by atoms with Gasteiger partial charge in [-0.2, -0.15) is 0 Å². The maximum atomic E-state index is 6.50. The standard InChI is InChI=1S/C23H20NO/c1-4-16-18-10-6-5-9-17(18)14(2)20-22-21-15(12-13-24(22)3)8-7-11-19(21)25-23(16)20/h5-13H,4H2,1-3H3/q+1.